The number of halogens is 1. The predicted octanol–water partition coefficient (Wildman–Crippen LogP) is 2.33. The van der Waals surface area contributed by atoms with Gasteiger partial charge in [-0.1, -0.05) is 0 Å². The summed E-state index contributed by atoms with van der Waals surface area (Å²) < 4.78 is 26.7. The zero-order valence-corrected chi connectivity index (χ0v) is 15.3. The number of carbonyl (C=O) groups excluding carboxylic acids is 1. The van der Waals surface area contributed by atoms with Crippen molar-refractivity contribution in [2.75, 3.05) is 18.4 Å². The van der Waals surface area contributed by atoms with E-state index >= 15 is 0 Å². The maximum atomic E-state index is 13.9. The van der Waals surface area contributed by atoms with Crippen LogP contribution < -0.4 is 15.4 Å². The highest BCUT2D eigenvalue weighted by atomic mass is 19.1. The molecule has 2 N–H and O–H groups in total. The van der Waals surface area contributed by atoms with Crippen molar-refractivity contribution >= 4 is 17.2 Å². The van der Waals surface area contributed by atoms with Gasteiger partial charge in [-0.25, -0.2) is 8.91 Å². The van der Waals surface area contributed by atoms with Crippen molar-refractivity contribution in [3.63, 3.8) is 0 Å². The van der Waals surface area contributed by atoms with E-state index in [0.29, 0.717) is 23.7 Å². The molecule has 1 aliphatic carbocycles. The molecule has 0 radical (unpaired) electrons. The molecule has 0 aromatic carbocycles. The van der Waals surface area contributed by atoms with Gasteiger partial charge in [-0.2, -0.15) is 5.10 Å². The minimum Gasteiger partial charge on any atom is -0.467 e. The first kappa shape index (κ1) is 17.2. The Morgan fingerprint density at radius 2 is 2.25 bits per heavy atom. The number of nitrogens with one attached hydrogen (secondary N) is 2. The molecule has 3 aromatic rings. The van der Waals surface area contributed by atoms with Crippen LogP contribution in [0, 0.1) is 12.8 Å². The summed E-state index contributed by atoms with van der Waals surface area (Å²) in [7, 11) is 0. The number of alkyl halides is 1. The van der Waals surface area contributed by atoms with Gasteiger partial charge in [0.15, 0.2) is 12.0 Å². The van der Waals surface area contributed by atoms with Crippen molar-refractivity contribution in [2.24, 2.45) is 5.92 Å². The van der Waals surface area contributed by atoms with Crippen LogP contribution in [0.15, 0.2) is 28.9 Å². The van der Waals surface area contributed by atoms with Crippen LogP contribution in [0.25, 0.3) is 16.6 Å². The number of amides is 1. The fraction of sp³-hybridized carbons (Fsp3) is 0.421. The summed E-state index contributed by atoms with van der Waals surface area (Å²) in [5.74, 6) is 1.51. The normalized spacial score (nSPS) is 21.9. The first-order valence-corrected chi connectivity index (χ1v) is 9.37. The Morgan fingerprint density at radius 1 is 1.39 bits per heavy atom. The van der Waals surface area contributed by atoms with E-state index in [-0.39, 0.29) is 24.2 Å². The third-order valence-electron chi connectivity index (χ3n) is 5.13. The Hall–Kier alpha value is -2.94. The molecule has 146 valence electrons. The summed E-state index contributed by atoms with van der Waals surface area (Å²) in [6, 6.07) is 5.58. The zero-order valence-electron chi connectivity index (χ0n) is 15.3. The average Bonchev–Trinajstić information content (AvgIpc) is 3.20. The third-order valence-corrected chi connectivity index (χ3v) is 5.13. The van der Waals surface area contributed by atoms with Crippen LogP contribution in [-0.4, -0.2) is 46.0 Å². The number of aromatic nitrogens is 3. The molecule has 0 spiro atoms. The molecule has 1 amide bonds. The Kier molecular flexibility index (Phi) is 4.04. The maximum Gasteiger partial charge on any atom is 0.262 e. The second-order valence-corrected chi connectivity index (χ2v) is 7.33. The highest BCUT2D eigenvalue weighted by molar-refractivity contribution is 5.93. The lowest BCUT2D eigenvalue weighted by Crippen LogP contribution is -2.27. The van der Waals surface area contributed by atoms with Crippen LogP contribution in [0.1, 0.15) is 18.6 Å². The molecule has 1 aliphatic heterocycles. The fourth-order valence-corrected chi connectivity index (χ4v) is 3.43. The van der Waals surface area contributed by atoms with Gasteiger partial charge in [-0.3, -0.25) is 4.79 Å². The summed E-state index contributed by atoms with van der Waals surface area (Å²) in [5, 5.41) is 14.2. The predicted molar refractivity (Wildman–Crippen MR) is 99.0 cm³/mol. The molecule has 1 saturated carbocycles. The van der Waals surface area contributed by atoms with Gasteiger partial charge in [0, 0.05) is 31.3 Å². The number of fused-ring (bicyclic) bond motifs is 1. The van der Waals surface area contributed by atoms with Gasteiger partial charge in [0.05, 0.1) is 11.1 Å². The number of ether oxygens (including phenoxy) is 1. The van der Waals surface area contributed by atoms with E-state index < -0.39 is 12.3 Å². The Bertz CT molecular complexity index is 1040. The van der Waals surface area contributed by atoms with E-state index in [1.54, 1.807) is 17.6 Å². The molecule has 5 rings (SSSR count). The van der Waals surface area contributed by atoms with Gasteiger partial charge < -0.3 is 19.9 Å². The molecule has 2 fully saturated rings. The van der Waals surface area contributed by atoms with Crippen LogP contribution in [0.5, 0.6) is 5.88 Å². The van der Waals surface area contributed by atoms with Gasteiger partial charge >= 0.3 is 0 Å². The number of rotatable bonds is 5. The van der Waals surface area contributed by atoms with Crippen molar-refractivity contribution < 1.29 is 18.4 Å². The van der Waals surface area contributed by atoms with E-state index in [0.717, 1.165) is 23.9 Å². The zero-order chi connectivity index (χ0) is 19.3. The first-order chi connectivity index (χ1) is 13.6. The monoisotopic (exact) mass is 385 g/mol. The van der Waals surface area contributed by atoms with Crippen molar-refractivity contribution in [3.05, 3.63) is 30.2 Å². The summed E-state index contributed by atoms with van der Waals surface area (Å²) in [4.78, 5) is 12.0. The van der Waals surface area contributed by atoms with Crippen LogP contribution in [0.2, 0.25) is 0 Å². The molecular weight excluding hydrogens is 365 g/mol. The largest absolute Gasteiger partial charge is 0.467 e. The smallest absolute Gasteiger partial charge is 0.262 e. The second kappa shape index (κ2) is 6.59. The van der Waals surface area contributed by atoms with Gasteiger partial charge in [0.2, 0.25) is 5.91 Å². The molecular formula is C19H20FN5O3. The molecule has 0 unspecified atom stereocenters. The molecule has 4 heterocycles. The van der Waals surface area contributed by atoms with Crippen LogP contribution in [-0.2, 0) is 4.79 Å². The van der Waals surface area contributed by atoms with Crippen LogP contribution >= 0.6 is 0 Å². The number of pyridine rings is 1. The topological polar surface area (TPSA) is 93.7 Å². The van der Waals surface area contributed by atoms with Gasteiger partial charge in [-0.15, -0.1) is 0 Å². The van der Waals surface area contributed by atoms with Crippen molar-refractivity contribution in [1.29, 1.82) is 0 Å². The number of anilines is 1. The molecule has 2 aliphatic rings. The standard InChI is InChI=1S/C19H20FN5O3/c1-10-17(19(24-28-10)27-15-9-21-8-14(15)20)12-4-5-25-13(6-12)7-16(23-25)22-18(26)11-2-3-11/h4-7,11,14-15,21H,2-3,8-9H2,1H3,(H,22,23,26)/t14-,15+/m0/s1. The highest BCUT2D eigenvalue weighted by Crippen LogP contribution is 2.35. The number of hydrogen-bond donors (Lipinski definition) is 2. The van der Waals surface area contributed by atoms with E-state index in [1.165, 1.54) is 0 Å². The van der Waals surface area contributed by atoms with Crippen LogP contribution in [0.4, 0.5) is 10.2 Å². The van der Waals surface area contributed by atoms with Gasteiger partial charge in [-0.05, 0) is 42.6 Å². The first-order valence-electron chi connectivity index (χ1n) is 9.37. The molecule has 9 heteroatoms. The molecule has 0 bridgehead atoms. The summed E-state index contributed by atoms with van der Waals surface area (Å²) in [5.41, 5.74) is 2.31. The number of nitrogens with zero attached hydrogens (tertiary/aromatic N) is 3. The summed E-state index contributed by atoms with van der Waals surface area (Å²) in [6.45, 7) is 2.49. The van der Waals surface area contributed by atoms with E-state index in [4.69, 9.17) is 9.26 Å². The van der Waals surface area contributed by atoms with Gasteiger partial charge in [0.25, 0.3) is 5.88 Å². The van der Waals surface area contributed by atoms with Crippen molar-refractivity contribution in [1.82, 2.24) is 20.1 Å². The molecule has 1 saturated heterocycles. The minimum absolute atomic E-state index is 0.0140. The SMILES string of the molecule is Cc1onc(O[C@@H]2CNC[C@@H]2F)c1-c1ccn2nc(NC(=O)C3CC3)cc2c1. The minimum atomic E-state index is -1.08. The number of hydrogen-bond acceptors (Lipinski definition) is 6. The lowest BCUT2D eigenvalue weighted by molar-refractivity contribution is -0.117. The Balaban J connectivity index is 1.44. The van der Waals surface area contributed by atoms with Crippen molar-refractivity contribution in [2.45, 2.75) is 32.0 Å². The van der Waals surface area contributed by atoms with E-state index in [1.807, 2.05) is 18.2 Å². The van der Waals surface area contributed by atoms with Gasteiger partial charge in [0.1, 0.15) is 11.9 Å². The Labute approximate surface area is 160 Å². The van der Waals surface area contributed by atoms with Crippen molar-refractivity contribution in [3.8, 4) is 17.0 Å². The maximum absolute atomic E-state index is 13.9. The average molecular weight is 385 g/mol. The van der Waals surface area contributed by atoms with Crippen LogP contribution in [0.3, 0.4) is 0 Å². The van der Waals surface area contributed by atoms with E-state index in [2.05, 4.69) is 20.9 Å². The number of carbonyl (C=O) groups is 1. The second-order valence-electron chi connectivity index (χ2n) is 7.33. The quantitative estimate of drug-likeness (QED) is 0.700. The summed E-state index contributed by atoms with van der Waals surface area (Å²) >= 11 is 0. The molecule has 28 heavy (non-hydrogen) atoms. The summed E-state index contributed by atoms with van der Waals surface area (Å²) in [6.07, 6.45) is 2.00. The Morgan fingerprint density at radius 3 is 3.00 bits per heavy atom. The lowest BCUT2D eigenvalue weighted by atomic mass is 10.1. The molecule has 8 nitrogen and oxygen atoms in total. The third kappa shape index (κ3) is 3.11. The molecule has 3 aromatic heterocycles. The highest BCUT2D eigenvalue weighted by Gasteiger charge is 2.31. The lowest BCUT2D eigenvalue weighted by Gasteiger charge is -2.13. The van der Waals surface area contributed by atoms with E-state index in [9.17, 15) is 9.18 Å². The number of aryl methyl sites for hydroxylation is 1. The molecule has 2 atom stereocenters. The fourth-order valence-electron chi connectivity index (χ4n) is 3.43.